The maximum Gasteiger partial charge on any atom is 0.318 e. The topological polar surface area (TPSA) is 66.4 Å². The van der Waals surface area contributed by atoms with Gasteiger partial charge in [-0.3, -0.25) is 9.59 Å². The Morgan fingerprint density at radius 1 is 1.00 bits per heavy atom. The molecule has 2 N–H and O–H groups in total. The van der Waals surface area contributed by atoms with E-state index in [0.29, 0.717) is 11.8 Å². The summed E-state index contributed by atoms with van der Waals surface area (Å²) in [7, 11) is 0. The second-order valence-electron chi connectivity index (χ2n) is 7.36. The molecule has 0 aliphatic heterocycles. The maximum absolute atomic E-state index is 12.2. The molecule has 1 amide bonds. The fourth-order valence-electron chi connectivity index (χ4n) is 4.59. The number of carbonyl (C=O) groups excluding carboxylic acids is 1. The predicted molar refractivity (Wildman–Crippen MR) is 70.4 cm³/mol. The average Bonchev–Trinajstić information content (AvgIpc) is 2.32. The van der Waals surface area contributed by atoms with Gasteiger partial charge in [-0.25, -0.2) is 0 Å². The molecule has 4 bridgehead atoms. The van der Waals surface area contributed by atoms with Gasteiger partial charge in [0.15, 0.2) is 0 Å². The van der Waals surface area contributed by atoms with Crippen LogP contribution in [0.2, 0.25) is 0 Å². The molecular formula is C15H23NO3. The quantitative estimate of drug-likeness (QED) is 0.767. The summed E-state index contributed by atoms with van der Waals surface area (Å²) in [5, 5.41) is 12.2. The second-order valence-corrected chi connectivity index (χ2v) is 7.36. The van der Waals surface area contributed by atoms with Crippen LogP contribution in [0.3, 0.4) is 0 Å². The molecule has 0 aromatic carbocycles. The van der Waals surface area contributed by atoms with Crippen LogP contribution < -0.4 is 5.32 Å². The Morgan fingerprint density at radius 3 is 1.89 bits per heavy atom. The van der Waals surface area contributed by atoms with E-state index in [-0.39, 0.29) is 11.9 Å². The minimum atomic E-state index is -1.32. The highest BCUT2D eigenvalue weighted by molar-refractivity contribution is 6.01. The highest BCUT2D eigenvalue weighted by atomic mass is 16.4. The van der Waals surface area contributed by atoms with Crippen LogP contribution in [0.15, 0.2) is 0 Å². The third-order valence-corrected chi connectivity index (χ3v) is 5.63. The lowest BCUT2D eigenvalue weighted by Gasteiger charge is -2.54. The molecule has 4 aliphatic carbocycles. The number of nitrogens with one attached hydrogen (secondary N) is 1. The minimum Gasteiger partial charge on any atom is -0.480 e. The van der Waals surface area contributed by atoms with Crippen LogP contribution in [0.1, 0.15) is 46.0 Å². The Kier molecular flexibility index (Phi) is 2.88. The third-order valence-electron chi connectivity index (χ3n) is 5.63. The molecule has 0 saturated heterocycles. The fraction of sp³-hybridized carbons (Fsp3) is 0.867. The molecule has 19 heavy (non-hydrogen) atoms. The summed E-state index contributed by atoms with van der Waals surface area (Å²) >= 11 is 0. The SMILES string of the molecule is CC(C)(C(=O)O)C(=O)NC1C2CC3CC(C2)CC1C3. The van der Waals surface area contributed by atoms with Gasteiger partial charge in [0.25, 0.3) is 0 Å². The van der Waals surface area contributed by atoms with E-state index in [9.17, 15) is 9.59 Å². The first-order valence-electron chi connectivity index (χ1n) is 7.42. The lowest BCUT2D eigenvalue weighted by Crippen LogP contribution is -2.58. The van der Waals surface area contributed by atoms with Gasteiger partial charge in [-0.2, -0.15) is 0 Å². The average molecular weight is 265 g/mol. The number of carboxylic acid groups (broad SMARTS) is 1. The first-order valence-corrected chi connectivity index (χ1v) is 7.42. The number of hydrogen-bond donors (Lipinski definition) is 2. The Hall–Kier alpha value is -1.06. The van der Waals surface area contributed by atoms with Crippen molar-refractivity contribution in [3.05, 3.63) is 0 Å². The van der Waals surface area contributed by atoms with Crippen LogP contribution in [0.4, 0.5) is 0 Å². The van der Waals surface area contributed by atoms with E-state index in [1.54, 1.807) is 0 Å². The van der Waals surface area contributed by atoms with Crippen molar-refractivity contribution in [2.24, 2.45) is 29.1 Å². The van der Waals surface area contributed by atoms with E-state index in [0.717, 1.165) is 11.8 Å². The number of rotatable bonds is 3. The number of amides is 1. The van der Waals surface area contributed by atoms with E-state index in [4.69, 9.17) is 5.11 Å². The van der Waals surface area contributed by atoms with Crippen molar-refractivity contribution < 1.29 is 14.7 Å². The number of carboxylic acids is 1. The van der Waals surface area contributed by atoms with Gasteiger partial charge in [0.1, 0.15) is 5.41 Å². The van der Waals surface area contributed by atoms with Gasteiger partial charge in [0.2, 0.25) is 5.91 Å². The monoisotopic (exact) mass is 265 g/mol. The van der Waals surface area contributed by atoms with Gasteiger partial charge in [-0.1, -0.05) is 0 Å². The molecule has 0 radical (unpaired) electrons. The molecule has 106 valence electrons. The second kappa shape index (κ2) is 4.22. The van der Waals surface area contributed by atoms with Crippen molar-refractivity contribution in [2.45, 2.75) is 52.0 Å². The summed E-state index contributed by atoms with van der Waals surface area (Å²) in [6.07, 6.45) is 6.29. The van der Waals surface area contributed by atoms with Crippen molar-refractivity contribution in [1.82, 2.24) is 5.32 Å². The third kappa shape index (κ3) is 2.05. The molecule has 4 rings (SSSR count). The molecule has 4 heteroatoms. The van der Waals surface area contributed by atoms with Gasteiger partial charge in [0.05, 0.1) is 0 Å². The maximum atomic E-state index is 12.2. The largest absolute Gasteiger partial charge is 0.480 e. The van der Waals surface area contributed by atoms with Crippen LogP contribution in [0, 0.1) is 29.1 Å². The molecule has 4 nitrogen and oxygen atoms in total. The van der Waals surface area contributed by atoms with Crippen molar-refractivity contribution >= 4 is 11.9 Å². The molecule has 4 aliphatic rings. The molecule has 0 atom stereocenters. The minimum absolute atomic E-state index is 0.221. The van der Waals surface area contributed by atoms with Crippen LogP contribution in [0.25, 0.3) is 0 Å². The molecule has 0 spiro atoms. The fourth-order valence-corrected chi connectivity index (χ4v) is 4.59. The van der Waals surface area contributed by atoms with Crippen molar-refractivity contribution in [3.63, 3.8) is 0 Å². The first kappa shape index (κ1) is 12.9. The normalized spacial score (nSPS) is 40.2. The zero-order valence-electron chi connectivity index (χ0n) is 11.7. The Labute approximate surface area is 113 Å². The van der Waals surface area contributed by atoms with E-state index < -0.39 is 11.4 Å². The molecule has 4 saturated carbocycles. The Morgan fingerprint density at radius 2 is 1.47 bits per heavy atom. The summed E-state index contributed by atoms with van der Waals surface area (Å²) in [5.41, 5.74) is -1.32. The summed E-state index contributed by atoms with van der Waals surface area (Å²) < 4.78 is 0. The van der Waals surface area contributed by atoms with Crippen molar-refractivity contribution in [2.75, 3.05) is 0 Å². The number of aliphatic carboxylic acids is 1. The van der Waals surface area contributed by atoms with Gasteiger partial charge in [0, 0.05) is 6.04 Å². The molecule has 0 aromatic heterocycles. The van der Waals surface area contributed by atoms with Crippen LogP contribution in [0.5, 0.6) is 0 Å². The van der Waals surface area contributed by atoms with Gasteiger partial charge >= 0.3 is 5.97 Å². The lowest BCUT2D eigenvalue weighted by atomic mass is 9.54. The zero-order valence-corrected chi connectivity index (χ0v) is 11.7. The van der Waals surface area contributed by atoms with Crippen LogP contribution >= 0.6 is 0 Å². The number of hydrogen-bond acceptors (Lipinski definition) is 2. The van der Waals surface area contributed by atoms with Crippen LogP contribution in [-0.4, -0.2) is 23.0 Å². The van der Waals surface area contributed by atoms with E-state index in [1.165, 1.54) is 46.0 Å². The van der Waals surface area contributed by atoms with Crippen LogP contribution in [-0.2, 0) is 9.59 Å². The van der Waals surface area contributed by atoms with E-state index in [1.807, 2.05) is 0 Å². The summed E-state index contributed by atoms with van der Waals surface area (Å²) in [5.74, 6) is 1.53. The standard InChI is InChI=1S/C15H23NO3/c1-15(2,14(18)19)13(17)16-12-10-4-8-3-9(6-10)7-11(12)5-8/h8-12H,3-7H2,1-2H3,(H,16,17)(H,18,19). The molecule has 4 fully saturated rings. The van der Waals surface area contributed by atoms with Crippen molar-refractivity contribution in [1.29, 1.82) is 0 Å². The highest BCUT2D eigenvalue weighted by Crippen LogP contribution is 2.53. The van der Waals surface area contributed by atoms with Gasteiger partial charge < -0.3 is 10.4 Å². The predicted octanol–water partition coefficient (Wildman–Crippen LogP) is 2.04. The smallest absolute Gasteiger partial charge is 0.318 e. The molecule has 0 unspecified atom stereocenters. The van der Waals surface area contributed by atoms with Crippen molar-refractivity contribution in [3.8, 4) is 0 Å². The van der Waals surface area contributed by atoms with E-state index >= 15 is 0 Å². The highest BCUT2D eigenvalue weighted by Gasteiger charge is 2.50. The van der Waals surface area contributed by atoms with E-state index in [2.05, 4.69) is 5.32 Å². The first-order chi connectivity index (χ1) is 8.88. The van der Waals surface area contributed by atoms with Gasteiger partial charge in [-0.15, -0.1) is 0 Å². The Balaban J connectivity index is 1.71. The molecular weight excluding hydrogens is 242 g/mol. The van der Waals surface area contributed by atoms with Gasteiger partial charge in [-0.05, 0) is 69.6 Å². The molecule has 0 heterocycles. The Bertz CT molecular complexity index is 388. The summed E-state index contributed by atoms with van der Waals surface area (Å²) in [4.78, 5) is 23.4. The summed E-state index contributed by atoms with van der Waals surface area (Å²) in [6.45, 7) is 2.97. The molecule has 0 aromatic rings. The lowest BCUT2D eigenvalue weighted by molar-refractivity contribution is -0.154. The number of carbonyl (C=O) groups is 2. The summed E-state index contributed by atoms with van der Waals surface area (Å²) in [6, 6.07) is 0.221. The zero-order chi connectivity index (χ0) is 13.8.